The summed E-state index contributed by atoms with van der Waals surface area (Å²) in [5.41, 5.74) is 0.225. The Labute approximate surface area is 175 Å². The van der Waals surface area contributed by atoms with Gasteiger partial charge in [0.05, 0.1) is 12.1 Å². The molecule has 0 unspecified atom stereocenters. The Hall–Kier alpha value is -3.01. The van der Waals surface area contributed by atoms with Crippen molar-refractivity contribution in [2.24, 2.45) is 7.05 Å². The van der Waals surface area contributed by atoms with Crippen molar-refractivity contribution in [2.45, 2.75) is 32.5 Å². The molecule has 0 aliphatic heterocycles. The van der Waals surface area contributed by atoms with Crippen LogP contribution in [0.15, 0.2) is 42.2 Å². The van der Waals surface area contributed by atoms with Gasteiger partial charge < -0.3 is 9.13 Å². The van der Waals surface area contributed by atoms with E-state index in [-0.39, 0.29) is 5.56 Å². The van der Waals surface area contributed by atoms with Crippen molar-refractivity contribution in [2.75, 3.05) is 0 Å². The molecule has 3 heterocycles. The summed E-state index contributed by atoms with van der Waals surface area (Å²) >= 11 is 1.52. The van der Waals surface area contributed by atoms with E-state index in [1.54, 1.807) is 18.5 Å². The average Bonchev–Trinajstić information content (AvgIpc) is 3.43. The lowest BCUT2D eigenvalue weighted by Gasteiger charge is -2.12. The summed E-state index contributed by atoms with van der Waals surface area (Å²) in [4.78, 5) is 8.69. The van der Waals surface area contributed by atoms with Gasteiger partial charge in [-0.25, -0.2) is 9.97 Å². The number of hydrogen-bond donors (Lipinski definition) is 0. The van der Waals surface area contributed by atoms with Crippen LogP contribution in [0.3, 0.4) is 0 Å². The Morgan fingerprint density at radius 3 is 2.53 bits per heavy atom. The monoisotopic (exact) mass is 432 g/mol. The van der Waals surface area contributed by atoms with Crippen molar-refractivity contribution in [1.82, 2.24) is 29.3 Å². The Morgan fingerprint density at radius 1 is 1.03 bits per heavy atom. The van der Waals surface area contributed by atoms with E-state index >= 15 is 0 Å². The summed E-state index contributed by atoms with van der Waals surface area (Å²) in [6.07, 6.45) is 1.74. The summed E-state index contributed by atoms with van der Waals surface area (Å²) in [5.74, 6) is 1.95. The molecule has 3 aromatic heterocycles. The number of rotatable bonds is 6. The fourth-order valence-corrected chi connectivity index (χ4v) is 3.89. The molecule has 4 aromatic rings. The normalized spacial score (nSPS) is 11.9. The smallest absolute Gasteiger partial charge is 0.331 e. The van der Waals surface area contributed by atoms with Crippen molar-refractivity contribution < 1.29 is 13.2 Å². The molecule has 10 heteroatoms. The number of aromatic nitrogens is 6. The van der Waals surface area contributed by atoms with E-state index < -0.39 is 11.7 Å². The molecule has 0 saturated heterocycles. The van der Waals surface area contributed by atoms with Crippen molar-refractivity contribution >= 4 is 11.3 Å². The Kier molecular flexibility index (Phi) is 5.42. The molecule has 0 atom stereocenters. The largest absolute Gasteiger partial charge is 0.416 e. The SMILES string of the molecule is Cc1ccc(CCc2nnc(-c3nccn3C)n2Cc2nccs2)cc1C(F)(F)F. The van der Waals surface area contributed by atoms with Gasteiger partial charge in [0.1, 0.15) is 10.8 Å². The van der Waals surface area contributed by atoms with Gasteiger partial charge in [-0.05, 0) is 30.5 Å². The third-order valence-corrected chi connectivity index (χ3v) is 5.63. The molecule has 0 fully saturated rings. The van der Waals surface area contributed by atoms with Gasteiger partial charge in [-0.15, -0.1) is 21.5 Å². The fourth-order valence-electron chi connectivity index (χ4n) is 3.29. The maximum absolute atomic E-state index is 13.2. The molecule has 0 bridgehead atoms. The molecule has 0 aliphatic carbocycles. The zero-order chi connectivity index (χ0) is 21.3. The molecule has 30 heavy (non-hydrogen) atoms. The second-order valence-electron chi connectivity index (χ2n) is 6.96. The number of alkyl halides is 3. The summed E-state index contributed by atoms with van der Waals surface area (Å²) in [6.45, 7) is 1.94. The van der Waals surface area contributed by atoms with Crippen LogP contribution in [-0.4, -0.2) is 29.3 Å². The number of halogens is 3. The fraction of sp³-hybridized carbons (Fsp3) is 0.300. The highest BCUT2D eigenvalue weighted by atomic mass is 32.1. The van der Waals surface area contributed by atoms with Gasteiger partial charge >= 0.3 is 6.18 Å². The van der Waals surface area contributed by atoms with E-state index in [1.807, 2.05) is 27.8 Å². The minimum absolute atomic E-state index is 0.218. The quantitative estimate of drug-likeness (QED) is 0.456. The molecule has 1 aromatic carbocycles. The highest BCUT2D eigenvalue weighted by molar-refractivity contribution is 7.09. The summed E-state index contributed by atoms with van der Waals surface area (Å²) < 4.78 is 43.5. The number of imidazole rings is 1. The molecule has 0 N–H and O–H groups in total. The summed E-state index contributed by atoms with van der Waals surface area (Å²) in [7, 11) is 1.87. The van der Waals surface area contributed by atoms with Crippen LogP contribution in [-0.2, 0) is 32.6 Å². The number of thiazole rings is 1. The van der Waals surface area contributed by atoms with E-state index in [0.29, 0.717) is 42.4 Å². The van der Waals surface area contributed by atoms with Crippen molar-refractivity contribution in [1.29, 1.82) is 0 Å². The van der Waals surface area contributed by atoms with Crippen LogP contribution in [0, 0.1) is 6.92 Å². The van der Waals surface area contributed by atoms with Crippen LogP contribution >= 0.6 is 11.3 Å². The lowest BCUT2D eigenvalue weighted by Crippen LogP contribution is -2.11. The zero-order valence-electron chi connectivity index (χ0n) is 16.4. The van der Waals surface area contributed by atoms with Crippen molar-refractivity contribution in [3.05, 3.63) is 69.7 Å². The van der Waals surface area contributed by atoms with Gasteiger partial charge in [0.25, 0.3) is 0 Å². The first kappa shape index (κ1) is 20.3. The first-order valence-electron chi connectivity index (χ1n) is 9.28. The van der Waals surface area contributed by atoms with Gasteiger partial charge in [0.2, 0.25) is 0 Å². The van der Waals surface area contributed by atoms with Crippen molar-refractivity contribution in [3.63, 3.8) is 0 Å². The Morgan fingerprint density at radius 2 is 1.87 bits per heavy atom. The first-order chi connectivity index (χ1) is 14.3. The van der Waals surface area contributed by atoms with Gasteiger partial charge in [0, 0.05) is 37.4 Å². The maximum Gasteiger partial charge on any atom is 0.416 e. The second kappa shape index (κ2) is 8.02. The molecule has 4 rings (SSSR count). The van der Waals surface area contributed by atoms with Crippen LogP contribution in [0.5, 0.6) is 0 Å². The number of nitrogens with zero attached hydrogens (tertiary/aromatic N) is 6. The predicted octanol–water partition coefficient (Wildman–Crippen LogP) is 4.30. The zero-order valence-corrected chi connectivity index (χ0v) is 17.2. The number of aryl methyl sites for hydroxylation is 4. The second-order valence-corrected chi connectivity index (χ2v) is 7.94. The first-order valence-corrected chi connectivity index (χ1v) is 10.2. The maximum atomic E-state index is 13.2. The van der Waals surface area contributed by atoms with Gasteiger partial charge in [-0.2, -0.15) is 13.2 Å². The average molecular weight is 432 g/mol. The molecule has 0 amide bonds. The van der Waals surface area contributed by atoms with Crippen LogP contribution in [0.2, 0.25) is 0 Å². The molecule has 0 saturated carbocycles. The van der Waals surface area contributed by atoms with Gasteiger partial charge in [-0.3, -0.25) is 0 Å². The molecule has 0 aliphatic rings. The predicted molar refractivity (Wildman–Crippen MR) is 107 cm³/mol. The number of hydrogen-bond acceptors (Lipinski definition) is 5. The van der Waals surface area contributed by atoms with Crippen LogP contribution in [0.1, 0.15) is 27.5 Å². The molecule has 0 spiro atoms. The van der Waals surface area contributed by atoms with Crippen molar-refractivity contribution in [3.8, 4) is 11.6 Å². The summed E-state index contributed by atoms with van der Waals surface area (Å²) in [6, 6.07) is 4.46. The van der Waals surface area contributed by atoms with E-state index in [4.69, 9.17) is 0 Å². The lowest BCUT2D eigenvalue weighted by molar-refractivity contribution is -0.138. The third kappa shape index (κ3) is 4.13. The van der Waals surface area contributed by atoms with Gasteiger partial charge in [0.15, 0.2) is 11.6 Å². The molecule has 6 nitrogen and oxygen atoms in total. The van der Waals surface area contributed by atoms with Crippen LogP contribution in [0.25, 0.3) is 11.6 Å². The minimum Gasteiger partial charge on any atom is -0.331 e. The van der Waals surface area contributed by atoms with E-state index in [1.165, 1.54) is 30.4 Å². The molecule has 156 valence electrons. The number of benzene rings is 1. The van der Waals surface area contributed by atoms with Gasteiger partial charge in [-0.1, -0.05) is 12.1 Å². The minimum atomic E-state index is -4.36. The third-order valence-electron chi connectivity index (χ3n) is 4.87. The lowest BCUT2D eigenvalue weighted by atomic mass is 10.0. The standard InChI is InChI=1S/C20H19F3N6S/c1-13-3-4-14(11-15(13)20(21,22)23)5-6-16-26-27-19(18-25-7-9-28(18)2)29(16)12-17-24-8-10-30-17/h3-4,7-11H,5-6,12H2,1-2H3. The van der Waals surface area contributed by atoms with E-state index in [0.717, 1.165) is 5.01 Å². The molecular weight excluding hydrogens is 413 g/mol. The topological polar surface area (TPSA) is 61.4 Å². The highest BCUT2D eigenvalue weighted by Gasteiger charge is 2.32. The van der Waals surface area contributed by atoms with Crippen LogP contribution < -0.4 is 0 Å². The molecule has 0 radical (unpaired) electrons. The molecular formula is C20H19F3N6S. The van der Waals surface area contributed by atoms with E-state index in [9.17, 15) is 13.2 Å². The summed E-state index contributed by atoms with van der Waals surface area (Å²) in [5, 5.41) is 11.4. The van der Waals surface area contributed by atoms with E-state index in [2.05, 4.69) is 20.2 Å². The van der Waals surface area contributed by atoms with Crippen LogP contribution in [0.4, 0.5) is 13.2 Å². The highest BCUT2D eigenvalue weighted by Crippen LogP contribution is 2.32. The Balaban J connectivity index is 1.63. The Bertz CT molecular complexity index is 1140.